The minimum atomic E-state index is -0.0353. The number of hydrogen-bond acceptors (Lipinski definition) is 4. The quantitative estimate of drug-likeness (QED) is 0.651. The van der Waals surface area contributed by atoms with Crippen LogP contribution in [0.1, 0.15) is 24.0 Å². The van der Waals surface area contributed by atoms with Gasteiger partial charge in [0.05, 0.1) is 31.4 Å². The van der Waals surface area contributed by atoms with Gasteiger partial charge in [-0.2, -0.15) is 0 Å². The summed E-state index contributed by atoms with van der Waals surface area (Å²) in [5.41, 5.74) is 1.87. The maximum atomic E-state index is 12.1. The van der Waals surface area contributed by atoms with Crippen molar-refractivity contribution in [1.29, 1.82) is 0 Å². The van der Waals surface area contributed by atoms with Crippen LogP contribution in [0.5, 0.6) is 17.2 Å². The van der Waals surface area contributed by atoms with Gasteiger partial charge in [-0.05, 0) is 36.6 Å². The third-order valence-corrected chi connectivity index (χ3v) is 4.85. The molecule has 0 aromatic heterocycles. The van der Waals surface area contributed by atoms with Crippen molar-refractivity contribution in [2.45, 2.75) is 25.8 Å². The highest BCUT2D eigenvalue weighted by atomic mass is 35.5. The van der Waals surface area contributed by atoms with Crippen molar-refractivity contribution in [2.75, 3.05) is 21.3 Å². The van der Waals surface area contributed by atoms with Crippen molar-refractivity contribution >= 4 is 29.1 Å². The van der Waals surface area contributed by atoms with Gasteiger partial charge in [-0.3, -0.25) is 4.79 Å². The predicted molar refractivity (Wildman–Crippen MR) is 107 cm³/mol. The van der Waals surface area contributed by atoms with Gasteiger partial charge in [0.1, 0.15) is 5.75 Å². The van der Waals surface area contributed by atoms with Crippen molar-refractivity contribution in [3.63, 3.8) is 0 Å². The van der Waals surface area contributed by atoms with E-state index in [0.717, 1.165) is 17.5 Å². The van der Waals surface area contributed by atoms with Crippen LogP contribution in [0.4, 0.5) is 0 Å². The highest BCUT2D eigenvalue weighted by Gasteiger charge is 2.12. The van der Waals surface area contributed by atoms with Gasteiger partial charge in [0, 0.05) is 24.6 Å². The summed E-state index contributed by atoms with van der Waals surface area (Å²) in [6.07, 6.45) is 1.88. The van der Waals surface area contributed by atoms with Crippen LogP contribution in [0.2, 0.25) is 10.0 Å². The molecule has 0 aliphatic rings. The molecule has 2 aromatic rings. The largest absolute Gasteiger partial charge is 0.496 e. The number of rotatable bonds is 9. The van der Waals surface area contributed by atoms with Crippen LogP contribution in [0.3, 0.4) is 0 Å². The summed E-state index contributed by atoms with van der Waals surface area (Å²) >= 11 is 11.9. The van der Waals surface area contributed by atoms with Crippen LogP contribution in [0.15, 0.2) is 30.3 Å². The Bertz CT molecular complexity index is 796. The Hall–Kier alpha value is -2.11. The SMILES string of the molecule is COc1cc(OC)c(OC)cc1CNC(=O)CCCc1ccc(Cl)c(Cl)c1. The van der Waals surface area contributed by atoms with E-state index < -0.39 is 0 Å². The van der Waals surface area contributed by atoms with Gasteiger partial charge in [0.15, 0.2) is 11.5 Å². The van der Waals surface area contributed by atoms with Gasteiger partial charge in [-0.15, -0.1) is 0 Å². The Balaban J connectivity index is 1.88. The fraction of sp³-hybridized carbons (Fsp3) is 0.350. The molecular formula is C20H23Cl2NO4. The summed E-state index contributed by atoms with van der Waals surface area (Å²) in [5, 5.41) is 3.96. The molecule has 2 aromatic carbocycles. The predicted octanol–water partition coefficient (Wildman–Crippen LogP) is 4.66. The molecule has 1 amide bonds. The van der Waals surface area contributed by atoms with Crippen molar-refractivity contribution in [3.05, 3.63) is 51.5 Å². The Labute approximate surface area is 169 Å². The molecule has 0 aliphatic carbocycles. The van der Waals surface area contributed by atoms with Crippen molar-refractivity contribution < 1.29 is 19.0 Å². The van der Waals surface area contributed by atoms with Gasteiger partial charge in [0.25, 0.3) is 0 Å². The second kappa shape index (κ2) is 10.3. The minimum Gasteiger partial charge on any atom is -0.496 e. The molecule has 0 atom stereocenters. The van der Waals surface area contributed by atoms with E-state index in [-0.39, 0.29) is 5.91 Å². The number of carbonyl (C=O) groups is 1. The molecule has 2 rings (SSSR count). The number of hydrogen-bond donors (Lipinski definition) is 1. The van der Waals surface area contributed by atoms with Crippen molar-refractivity contribution in [3.8, 4) is 17.2 Å². The zero-order valence-corrected chi connectivity index (χ0v) is 17.1. The molecule has 0 saturated heterocycles. The molecule has 0 spiro atoms. The van der Waals surface area contributed by atoms with Gasteiger partial charge in [-0.25, -0.2) is 0 Å². The second-order valence-corrected chi connectivity index (χ2v) is 6.71. The molecule has 27 heavy (non-hydrogen) atoms. The van der Waals surface area contributed by atoms with Crippen LogP contribution >= 0.6 is 23.2 Å². The maximum absolute atomic E-state index is 12.1. The first kappa shape index (κ1) is 21.2. The number of nitrogens with one attached hydrogen (secondary N) is 1. The molecule has 0 fully saturated rings. The van der Waals surface area contributed by atoms with Crippen LogP contribution in [-0.2, 0) is 17.8 Å². The summed E-state index contributed by atoms with van der Waals surface area (Å²) in [6, 6.07) is 9.05. The van der Waals surface area contributed by atoms with E-state index in [4.69, 9.17) is 37.4 Å². The van der Waals surface area contributed by atoms with Crippen LogP contribution in [-0.4, -0.2) is 27.2 Å². The lowest BCUT2D eigenvalue weighted by atomic mass is 10.1. The van der Waals surface area contributed by atoms with E-state index in [9.17, 15) is 4.79 Å². The van der Waals surface area contributed by atoms with Crippen LogP contribution in [0.25, 0.3) is 0 Å². The fourth-order valence-corrected chi connectivity index (χ4v) is 2.98. The lowest BCUT2D eigenvalue weighted by Crippen LogP contribution is -2.22. The number of carbonyl (C=O) groups excluding carboxylic acids is 1. The fourth-order valence-electron chi connectivity index (χ4n) is 2.66. The Morgan fingerprint density at radius 2 is 1.59 bits per heavy atom. The Kier molecular flexibility index (Phi) is 8.07. The summed E-state index contributed by atoms with van der Waals surface area (Å²) in [7, 11) is 4.70. The third-order valence-electron chi connectivity index (χ3n) is 4.12. The molecule has 0 radical (unpaired) electrons. The molecule has 0 unspecified atom stereocenters. The monoisotopic (exact) mass is 411 g/mol. The average molecular weight is 412 g/mol. The second-order valence-electron chi connectivity index (χ2n) is 5.90. The van der Waals surface area contributed by atoms with Gasteiger partial charge in [-0.1, -0.05) is 29.3 Å². The van der Waals surface area contributed by atoms with E-state index in [1.165, 1.54) is 0 Å². The summed E-state index contributed by atoms with van der Waals surface area (Å²) in [6.45, 7) is 0.342. The highest BCUT2D eigenvalue weighted by molar-refractivity contribution is 6.42. The number of halogens is 2. The van der Waals surface area contributed by atoms with E-state index >= 15 is 0 Å². The Morgan fingerprint density at radius 3 is 2.22 bits per heavy atom. The van der Waals surface area contributed by atoms with Crippen molar-refractivity contribution in [1.82, 2.24) is 5.32 Å². The van der Waals surface area contributed by atoms with Crippen LogP contribution < -0.4 is 19.5 Å². The lowest BCUT2D eigenvalue weighted by Gasteiger charge is -2.14. The lowest BCUT2D eigenvalue weighted by molar-refractivity contribution is -0.121. The van der Waals surface area contributed by atoms with E-state index in [2.05, 4.69) is 5.32 Å². The molecule has 7 heteroatoms. The highest BCUT2D eigenvalue weighted by Crippen LogP contribution is 2.34. The van der Waals surface area contributed by atoms with E-state index in [1.54, 1.807) is 39.5 Å². The summed E-state index contributed by atoms with van der Waals surface area (Å²) in [5.74, 6) is 1.75. The number of methoxy groups -OCH3 is 3. The maximum Gasteiger partial charge on any atom is 0.220 e. The normalized spacial score (nSPS) is 10.4. The van der Waals surface area contributed by atoms with Crippen molar-refractivity contribution in [2.24, 2.45) is 0 Å². The van der Waals surface area contributed by atoms with Gasteiger partial charge in [0.2, 0.25) is 5.91 Å². The molecule has 146 valence electrons. The minimum absolute atomic E-state index is 0.0353. The van der Waals surface area contributed by atoms with Gasteiger partial charge < -0.3 is 19.5 Å². The zero-order chi connectivity index (χ0) is 19.8. The number of benzene rings is 2. The zero-order valence-electron chi connectivity index (χ0n) is 15.6. The first-order chi connectivity index (χ1) is 13.0. The number of ether oxygens (including phenoxy) is 3. The molecule has 0 saturated carbocycles. The Morgan fingerprint density at radius 1 is 0.926 bits per heavy atom. The molecular weight excluding hydrogens is 389 g/mol. The molecule has 0 heterocycles. The van der Waals surface area contributed by atoms with E-state index in [0.29, 0.717) is 46.7 Å². The number of aryl methyl sites for hydroxylation is 1. The summed E-state index contributed by atoms with van der Waals surface area (Å²) in [4.78, 5) is 12.1. The third kappa shape index (κ3) is 5.94. The first-order valence-electron chi connectivity index (χ1n) is 8.48. The molecule has 0 bridgehead atoms. The standard InChI is InChI=1S/C20H23Cl2NO4/c1-25-17-11-19(27-3)18(26-2)10-14(17)12-23-20(24)6-4-5-13-7-8-15(21)16(22)9-13/h7-11H,4-6,12H2,1-3H3,(H,23,24). The van der Waals surface area contributed by atoms with Crippen LogP contribution in [0, 0.1) is 0 Å². The molecule has 0 aliphatic heterocycles. The van der Waals surface area contributed by atoms with E-state index in [1.807, 2.05) is 12.1 Å². The smallest absolute Gasteiger partial charge is 0.220 e. The topological polar surface area (TPSA) is 56.8 Å². The molecule has 5 nitrogen and oxygen atoms in total. The summed E-state index contributed by atoms with van der Waals surface area (Å²) < 4.78 is 15.9. The molecule has 1 N–H and O–H groups in total. The number of amides is 1. The average Bonchev–Trinajstić information content (AvgIpc) is 2.68. The van der Waals surface area contributed by atoms with Gasteiger partial charge >= 0.3 is 0 Å². The first-order valence-corrected chi connectivity index (χ1v) is 9.23.